The zero-order valence-electron chi connectivity index (χ0n) is 13.4. The monoisotopic (exact) mass is 278 g/mol. The van der Waals surface area contributed by atoms with Gasteiger partial charge in [0.05, 0.1) is 0 Å². The molecule has 1 N–H and O–H groups in total. The molecule has 0 saturated heterocycles. The number of nitrogens with zero attached hydrogens (tertiary/aromatic N) is 2. The van der Waals surface area contributed by atoms with E-state index in [0.29, 0.717) is 11.7 Å². The third-order valence-electron chi connectivity index (χ3n) is 3.60. The second kappa shape index (κ2) is 6.25. The highest BCUT2D eigenvalue weighted by Crippen LogP contribution is 2.29. The zero-order valence-corrected chi connectivity index (χ0v) is 13.4. The summed E-state index contributed by atoms with van der Waals surface area (Å²) in [6.45, 7) is 11.9. The van der Waals surface area contributed by atoms with E-state index in [2.05, 4.69) is 24.9 Å². The van der Waals surface area contributed by atoms with Gasteiger partial charge in [-0.3, -0.25) is 4.90 Å². The van der Waals surface area contributed by atoms with Crippen LogP contribution in [0.3, 0.4) is 0 Å². The molecule has 0 aliphatic heterocycles. The van der Waals surface area contributed by atoms with Crippen molar-refractivity contribution < 1.29 is 9.90 Å². The van der Waals surface area contributed by atoms with Crippen molar-refractivity contribution in [3.05, 3.63) is 23.4 Å². The van der Waals surface area contributed by atoms with Crippen molar-refractivity contribution in [3.63, 3.8) is 0 Å². The Morgan fingerprint density at radius 3 is 2.25 bits per heavy atom. The molecule has 112 valence electrons. The molecule has 1 rings (SSSR count). The van der Waals surface area contributed by atoms with Crippen LogP contribution in [0.1, 0.15) is 64.5 Å². The van der Waals surface area contributed by atoms with E-state index in [9.17, 15) is 9.90 Å². The van der Waals surface area contributed by atoms with Gasteiger partial charge in [-0.2, -0.15) is 0 Å². The Labute approximate surface area is 121 Å². The van der Waals surface area contributed by atoms with Crippen molar-refractivity contribution >= 4 is 11.9 Å². The second-order valence-electron chi connectivity index (χ2n) is 6.21. The van der Waals surface area contributed by atoms with E-state index in [0.717, 1.165) is 18.4 Å². The molecule has 1 heterocycles. The number of rotatable bonds is 4. The van der Waals surface area contributed by atoms with Crippen LogP contribution in [0.2, 0.25) is 0 Å². The lowest BCUT2D eigenvalue weighted by Gasteiger charge is -2.33. The molecule has 1 aromatic heterocycles. The molecule has 1 amide bonds. The quantitative estimate of drug-likeness (QED) is 0.877. The minimum absolute atomic E-state index is 0.489. The second-order valence-corrected chi connectivity index (χ2v) is 6.21. The normalized spacial score (nSPS) is 11.8. The molecule has 1 aromatic rings. The van der Waals surface area contributed by atoms with Crippen molar-refractivity contribution in [2.75, 3.05) is 4.90 Å². The highest BCUT2D eigenvalue weighted by atomic mass is 16.4. The van der Waals surface area contributed by atoms with Crippen molar-refractivity contribution in [2.24, 2.45) is 0 Å². The van der Waals surface area contributed by atoms with Crippen molar-refractivity contribution in [1.29, 1.82) is 0 Å². The van der Waals surface area contributed by atoms with Crippen molar-refractivity contribution in [3.8, 4) is 0 Å². The lowest BCUT2D eigenvalue weighted by Crippen LogP contribution is -2.46. The summed E-state index contributed by atoms with van der Waals surface area (Å²) in [4.78, 5) is 17.3. The van der Waals surface area contributed by atoms with Gasteiger partial charge in [-0.15, -0.1) is 0 Å². The lowest BCUT2D eigenvalue weighted by atomic mass is 9.94. The lowest BCUT2D eigenvalue weighted by molar-refractivity contribution is 0.195. The largest absolute Gasteiger partial charge is 0.465 e. The van der Waals surface area contributed by atoms with Gasteiger partial charge in [0.2, 0.25) is 0 Å². The number of anilines is 1. The summed E-state index contributed by atoms with van der Waals surface area (Å²) in [5, 5.41) is 9.44. The van der Waals surface area contributed by atoms with E-state index < -0.39 is 11.6 Å². The van der Waals surface area contributed by atoms with Crippen LogP contribution in [0.4, 0.5) is 10.6 Å². The fourth-order valence-corrected chi connectivity index (χ4v) is 2.50. The van der Waals surface area contributed by atoms with Gasteiger partial charge in [0, 0.05) is 11.7 Å². The van der Waals surface area contributed by atoms with Crippen LogP contribution in [0.15, 0.2) is 12.3 Å². The number of hydrogen-bond acceptors (Lipinski definition) is 2. The summed E-state index contributed by atoms with van der Waals surface area (Å²) in [7, 11) is 0. The van der Waals surface area contributed by atoms with Crippen LogP contribution in [0.5, 0.6) is 0 Å². The standard InChI is InChI=1S/C16H26N2O2/c1-7-12(8-2)13-9-11(3)14(17-10-13)18(15(19)20)16(4,5)6/h9-10,12H,7-8H2,1-6H3,(H,19,20). The highest BCUT2D eigenvalue weighted by molar-refractivity contribution is 5.87. The smallest absolute Gasteiger partial charge is 0.413 e. The van der Waals surface area contributed by atoms with Gasteiger partial charge in [-0.25, -0.2) is 9.78 Å². The first-order valence-electron chi connectivity index (χ1n) is 7.22. The number of carbonyl (C=O) groups is 1. The van der Waals surface area contributed by atoms with Gasteiger partial charge < -0.3 is 5.11 Å². The molecule has 0 spiro atoms. The average Bonchev–Trinajstić information content (AvgIpc) is 2.31. The van der Waals surface area contributed by atoms with Crippen molar-refractivity contribution in [1.82, 2.24) is 4.98 Å². The number of aryl methyl sites for hydroxylation is 1. The zero-order chi connectivity index (χ0) is 15.5. The third kappa shape index (κ3) is 3.50. The average molecular weight is 278 g/mol. The molecular formula is C16H26N2O2. The third-order valence-corrected chi connectivity index (χ3v) is 3.60. The van der Waals surface area contributed by atoms with Crippen LogP contribution >= 0.6 is 0 Å². The Morgan fingerprint density at radius 1 is 1.35 bits per heavy atom. The van der Waals surface area contributed by atoms with Crippen LogP contribution in [0.25, 0.3) is 0 Å². The molecule has 0 atom stereocenters. The predicted octanol–water partition coefficient (Wildman–Crippen LogP) is 4.58. The summed E-state index contributed by atoms with van der Waals surface area (Å²) in [5.41, 5.74) is 1.59. The number of pyridine rings is 1. The number of hydrogen-bond donors (Lipinski definition) is 1. The van der Waals surface area contributed by atoms with Crippen LogP contribution in [-0.2, 0) is 0 Å². The molecule has 0 saturated carbocycles. The Morgan fingerprint density at radius 2 is 1.90 bits per heavy atom. The maximum absolute atomic E-state index is 11.5. The van der Waals surface area contributed by atoms with E-state index in [4.69, 9.17) is 0 Å². The molecule has 0 aromatic carbocycles. The SMILES string of the molecule is CCC(CC)c1cnc(N(C(=O)O)C(C)(C)C)c(C)c1. The van der Waals surface area contributed by atoms with Crippen molar-refractivity contribution in [2.45, 2.75) is 65.8 Å². The van der Waals surface area contributed by atoms with E-state index in [-0.39, 0.29) is 0 Å². The first-order chi connectivity index (χ1) is 9.22. The predicted molar refractivity (Wildman–Crippen MR) is 82.6 cm³/mol. The Bertz CT molecular complexity index is 474. The summed E-state index contributed by atoms with van der Waals surface area (Å²) < 4.78 is 0. The highest BCUT2D eigenvalue weighted by Gasteiger charge is 2.30. The Kier molecular flexibility index (Phi) is 5.15. The number of aromatic nitrogens is 1. The van der Waals surface area contributed by atoms with Gasteiger partial charge in [-0.05, 0) is 57.6 Å². The molecule has 0 aliphatic carbocycles. The minimum atomic E-state index is -0.969. The Hall–Kier alpha value is -1.58. The molecule has 4 heteroatoms. The van der Waals surface area contributed by atoms with Gasteiger partial charge in [-0.1, -0.05) is 19.9 Å². The summed E-state index contributed by atoms with van der Waals surface area (Å²) in [6.07, 6.45) is 2.99. The molecule has 0 unspecified atom stereocenters. The van der Waals surface area contributed by atoms with Crippen LogP contribution in [-0.4, -0.2) is 21.7 Å². The molecule has 0 radical (unpaired) electrons. The summed E-state index contributed by atoms with van der Waals surface area (Å²) in [5.74, 6) is 1.02. The van der Waals surface area contributed by atoms with E-state index >= 15 is 0 Å². The summed E-state index contributed by atoms with van der Waals surface area (Å²) in [6, 6.07) is 2.07. The van der Waals surface area contributed by atoms with Gasteiger partial charge >= 0.3 is 6.09 Å². The Balaban J connectivity index is 3.24. The molecule has 4 nitrogen and oxygen atoms in total. The first kappa shape index (κ1) is 16.5. The molecule has 0 bridgehead atoms. The fourth-order valence-electron chi connectivity index (χ4n) is 2.50. The summed E-state index contributed by atoms with van der Waals surface area (Å²) >= 11 is 0. The number of amides is 1. The molecule has 20 heavy (non-hydrogen) atoms. The van der Waals surface area contributed by atoms with Crippen LogP contribution in [0, 0.1) is 6.92 Å². The number of carboxylic acid groups (broad SMARTS) is 1. The van der Waals surface area contributed by atoms with Gasteiger partial charge in [0.1, 0.15) is 5.82 Å². The fraction of sp³-hybridized carbons (Fsp3) is 0.625. The molecule has 0 fully saturated rings. The van der Waals surface area contributed by atoms with E-state index in [1.165, 1.54) is 10.5 Å². The molecular weight excluding hydrogens is 252 g/mol. The molecule has 0 aliphatic rings. The maximum atomic E-state index is 11.5. The van der Waals surface area contributed by atoms with Gasteiger partial charge in [0.25, 0.3) is 0 Å². The maximum Gasteiger partial charge on any atom is 0.413 e. The topological polar surface area (TPSA) is 53.4 Å². The van der Waals surface area contributed by atoms with E-state index in [1.54, 1.807) is 0 Å². The van der Waals surface area contributed by atoms with Gasteiger partial charge in [0.15, 0.2) is 0 Å². The van der Waals surface area contributed by atoms with E-state index in [1.807, 2.05) is 33.9 Å². The minimum Gasteiger partial charge on any atom is -0.465 e. The first-order valence-corrected chi connectivity index (χ1v) is 7.22. The van der Waals surface area contributed by atoms with Crippen LogP contribution < -0.4 is 4.90 Å².